The molecule has 1 aliphatic heterocycles. The van der Waals surface area contributed by atoms with E-state index in [4.69, 9.17) is 20.3 Å². The van der Waals surface area contributed by atoms with Crippen LogP contribution in [0.3, 0.4) is 0 Å². The number of likely N-dealkylation sites (N-methyl/N-ethyl adjacent to an activating group) is 1. The Morgan fingerprint density at radius 3 is 2.67 bits per heavy atom. The molecular formula is C12H16N2O4. The zero-order chi connectivity index (χ0) is 13.1. The monoisotopic (exact) mass is 252 g/mol. The normalized spacial score (nSPS) is 17.0. The molecule has 2 atom stereocenters. The van der Waals surface area contributed by atoms with Gasteiger partial charge in [0, 0.05) is 0 Å². The van der Waals surface area contributed by atoms with E-state index in [1.807, 2.05) is 0 Å². The molecule has 6 nitrogen and oxygen atoms in total. The number of carboxylic acids is 1. The minimum Gasteiger partial charge on any atom is -0.486 e. The van der Waals surface area contributed by atoms with Gasteiger partial charge in [0.1, 0.15) is 19.3 Å². The van der Waals surface area contributed by atoms with Crippen LogP contribution in [0.4, 0.5) is 0 Å². The quantitative estimate of drug-likeness (QED) is 0.705. The highest BCUT2D eigenvalue weighted by molar-refractivity contribution is 5.75. The molecule has 0 amide bonds. The number of benzene rings is 1. The fourth-order valence-electron chi connectivity index (χ4n) is 1.92. The van der Waals surface area contributed by atoms with Crippen LogP contribution in [0.25, 0.3) is 0 Å². The first-order valence-electron chi connectivity index (χ1n) is 5.68. The molecule has 0 fully saturated rings. The first-order chi connectivity index (χ1) is 8.63. The highest BCUT2D eigenvalue weighted by Gasteiger charge is 2.26. The fourth-order valence-corrected chi connectivity index (χ4v) is 1.92. The zero-order valence-electron chi connectivity index (χ0n) is 10.1. The molecule has 1 heterocycles. The Kier molecular flexibility index (Phi) is 3.69. The number of hydrogen-bond donors (Lipinski definition) is 3. The van der Waals surface area contributed by atoms with E-state index in [-0.39, 0.29) is 0 Å². The molecule has 1 aromatic carbocycles. The lowest BCUT2D eigenvalue weighted by Crippen LogP contribution is -2.43. The number of aliphatic carboxylic acids is 1. The topological polar surface area (TPSA) is 93.8 Å². The summed E-state index contributed by atoms with van der Waals surface area (Å²) in [5.74, 6) is 0.280. The predicted molar refractivity (Wildman–Crippen MR) is 64.8 cm³/mol. The summed E-state index contributed by atoms with van der Waals surface area (Å²) in [6.07, 6.45) is 0. The molecule has 1 aliphatic rings. The van der Waals surface area contributed by atoms with Crippen LogP contribution in [-0.2, 0) is 4.79 Å². The van der Waals surface area contributed by atoms with E-state index < -0.39 is 18.1 Å². The van der Waals surface area contributed by atoms with Gasteiger partial charge in [-0.2, -0.15) is 0 Å². The lowest BCUT2D eigenvalue weighted by molar-refractivity contribution is -0.139. The molecule has 0 spiro atoms. The van der Waals surface area contributed by atoms with Crippen LogP contribution in [0.15, 0.2) is 18.2 Å². The molecule has 6 heteroatoms. The second-order valence-electron chi connectivity index (χ2n) is 4.03. The lowest BCUT2D eigenvalue weighted by Gasteiger charge is -2.23. The van der Waals surface area contributed by atoms with Gasteiger partial charge in [-0.25, -0.2) is 0 Å². The predicted octanol–water partition coefficient (Wildman–Crippen LogP) is 0.130. The Balaban J connectivity index is 2.25. The van der Waals surface area contributed by atoms with Crippen molar-refractivity contribution in [3.63, 3.8) is 0 Å². The molecule has 98 valence electrons. The molecule has 18 heavy (non-hydrogen) atoms. The molecule has 0 aromatic heterocycles. The molecule has 2 unspecified atom stereocenters. The molecule has 4 N–H and O–H groups in total. The molecule has 0 saturated heterocycles. The number of rotatable bonds is 4. The minimum atomic E-state index is -0.986. The van der Waals surface area contributed by atoms with Crippen LogP contribution in [0.1, 0.15) is 11.6 Å². The van der Waals surface area contributed by atoms with Crippen molar-refractivity contribution < 1.29 is 19.4 Å². The Hall–Kier alpha value is -1.79. The number of carboxylic acid groups (broad SMARTS) is 1. The summed E-state index contributed by atoms with van der Waals surface area (Å²) in [4.78, 5) is 11.0. The maximum absolute atomic E-state index is 11.0. The van der Waals surface area contributed by atoms with Gasteiger partial charge in [0.15, 0.2) is 11.5 Å². The summed E-state index contributed by atoms with van der Waals surface area (Å²) < 4.78 is 10.8. The Morgan fingerprint density at radius 1 is 1.39 bits per heavy atom. The third kappa shape index (κ3) is 2.39. The summed E-state index contributed by atoms with van der Waals surface area (Å²) in [7, 11) is 1.57. The van der Waals surface area contributed by atoms with Crippen molar-refractivity contribution in [2.24, 2.45) is 5.73 Å². The number of hydrogen-bond acceptors (Lipinski definition) is 5. The summed E-state index contributed by atoms with van der Waals surface area (Å²) in [6, 6.07) is 3.74. The first kappa shape index (κ1) is 12.7. The molecule has 1 aromatic rings. The van der Waals surface area contributed by atoms with E-state index in [0.717, 1.165) is 0 Å². The minimum absolute atomic E-state index is 0.486. The van der Waals surface area contributed by atoms with E-state index in [9.17, 15) is 4.79 Å². The SMILES string of the molecule is CNC(C(=O)O)C(N)c1ccc2c(c1)OCCO2. The van der Waals surface area contributed by atoms with Crippen molar-refractivity contribution in [3.05, 3.63) is 23.8 Å². The van der Waals surface area contributed by atoms with E-state index >= 15 is 0 Å². The first-order valence-corrected chi connectivity index (χ1v) is 5.68. The van der Waals surface area contributed by atoms with Gasteiger partial charge in [-0.05, 0) is 24.7 Å². The molecule has 0 aliphatic carbocycles. The number of ether oxygens (including phenoxy) is 2. The summed E-state index contributed by atoms with van der Waals surface area (Å²) >= 11 is 0. The third-order valence-electron chi connectivity index (χ3n) is 2.89. The van der Waals surface area contributed by atoms with E-state index in [2.05, 4.69) is 5.32 Å². The van der Waals surface area contributed by atoms with Crippen LogP contribution >= 0.6 is 0 Å². The average molecular weight is 252 g/mol. The average Bonchev–Trinajstić information content (AvgIpc) is 2.38. The van der Waals surface area contributed by atoms with Gasteiger partial charge in [-0.15, -0.1) is 0 Å². The number of nitrogens with one attached hydrogen (secondary N) is 1. The van der Waals surface area contributed by atoms with Crippen molar-refractivity contribution in [1.29, 1.82) is 0 Å². The molecule has 0 bridgehead atoms. The van der Waals surface area contributed by atoms with Gasteiger partial charge in [-0.3, -0.25) is 4.79 Å². The van der Waals surface area contributed by atoms with Gasteiger partial charge >= 0.3 is 5.97 Å². The highest BCUT2D eigenvalue weighted by atomic mass is 16.6. The van der Waals surface area contributed by atoms with E-state index in [0.29, 0.717) is 30.3 Å². The second kappa shape index (κ2) is 5.24. The van der Waals surface area contributed by atoms with Crippen LogP contribution in [0, 0.1) is 0 Å². The van der Waals surface area contributed by atoms with Crippen LogP contribution < -0.4 is 20.5 Å². The summed E-state index contributed by atoms with van der Waals surface area (Å²) in [5, 5.41) is 11.7. The van der Waals surface area contributed by atoms with Crippen LogP contribution in [-0.4, -0.2) is 37.4 Å². The van der Waals surface area contributed by atoms with Crippen molar-refractivity contribution in [3.8, 4) is 11.5 Å². The Labute approximate surface area is 105 Å². The van der Waals surface area contributed by atoms with Gasteiger partial charge in [-0.1, -0.05) is 6.07 Å². The smallest absolute Gasteiger partial charge is 0.322 e. The standard InChI is InChI=1S/C12H16N2O4/c1-14-11(12(15)16)10(13)7-2-3-8-9(6-7)18-5-4-17-8/h2-3,6,10-11,14H,4-5,13H2,1H3,(H,15,16). The number of fused-ring (bicyclic) bond motifs is 1. The summed E-state index contributed by atoms with van der Waals surface area (Å²) in [6.45, 7) is 1.01. The molecule has 2 rings (SSSR count). The number of carbonyl (C=O) groups is 1. The zero-order valence-corrected chi connectivity index (χ0v) is 10.1. The Morgan fingerprint density at radius 2 is 2.06 bits per heavy atom. The maximum atomic E-state index is 11.0. The van der Waals surface area contributed by atoms with Gasteiger partial charge in [0.2, 0.25) is 0 Å². The van der Waals surface area contributed by atoms with Crippen LogP contribution in [0.5, 0.6) is 11.5 Å². The van der Waals surface area contributed by atoms with Gasteiger partial charge in [0.25, 0.3) is 0 Å². The molecule has 0 radical (unpaired) electrons. The van der Waals surface area contributed by atoms with E-state index in [1.165, 1.54) is 0 Å². The molecular weight excluding hydrogens is 236 g/mol. The Bertz CT molecular complexity index is 450. The third-order valence-corrected chi connectivity index (χ3v) is 2.89. The van der Waals surface area contributed by atoms with E-state index in [1.54, 1.807) is 25.2 Å². The van der Waals surface area contributed by atoms with Crippen molar-refractivity contribution in [2.45, 2.75) is 12.1 Å². The molecule has 0 saturated carbocycles. The highest BCUT2D eigenvalue weighted by Crippen LogP contribution is 2.32. The largest absolute Gasteiger partial charge is 0.486 e. The number of nitrogens with two attached hydrogens (primary N) is 1. The van der Waals surface area contributed by atoms with Gasteiger partial charge < -0.3 is 25.6 Å². The second-order valence-corrected chi connectivity index (χ2v) is 4.03. The van der Waals surface area contributed by atoms with Crippen molar-refractivity contribution >= 4 is 5.97 Å². The fraction of sp³-hybridized carbons (Fsp3) is 0.417. The van der Waals surface area contributed by atoms with Crippen molar-refractivity contribution in [1.82, 2.24) is 5.32 Å². The maximum Gasteiger partial charge on any atom is 0.322 e. The van der Waals surface area contributed by atoms with Crippen LogP contribution in [0.2, 0.25) is 0 Å². The summed E-state index contributed by atoms with van der Waals surface area (Å²) in [5.41, 5.74) is 6.64. The van der Waals surface area contributed by atoms with Gasteiger partial charge in [0.05, 0.1) is 6.04 Å². The van der Waals surface area contributed by atoms with Crippen molar-refractivity contribution in [2.75, 3.05) is 20.3 Å². The lowest BCUT2D eigenvalue weighted by atomic mass is 10.00.